The number of hydrogen-bond acceptors (Lipinski definition) is 11. The summed E-state index contributed by atoms with van der Waals surface area (Å²) < 4.78 is 29.5. The molecule has 0 radical (unpaired) electrons. The molecule has 0 saturated heterocycles. The van der Waals surface area contributed by atoms with Crippen LogP contribution in [-0.2, 0) is 9.59 Å². The van der Waals surface area contributed by atoms with Gasteiger partial charge in [0.05, 0.1) is 7.11 Å². The first kappa shape index (κ1) is 39.0. The van der Waals surface area contributed by atoms with Crippen LogP contribution in [0.5, 0.6) is 40.2 Å². The molecule has 6 aromatic rings. The fourth-order valence-corrected chi connectivity index (χ4v) is 5.26. The Morgan fingerprint density at radius 1 is 0.636 bits per heavy atom. The molecular weight excluding hydrogens is 743 g/mol. The number of aliphatic carboxylic acids is 2. The SMILES string of the molecule is COc1ccc(Oc2ccc3c(O)c(C(=O)NCC(=O)O)nc(Cl)c3c2)cc1.Cc1nc(C(=O)NCC(=O)O)c(O)c2ccc(Oc3ccc(F)cc3)cc12. The molecule has 0 aliphatic carbocycles. The lowest BCUT2D eigenvalue weighted by atomic mass is 10.1. The number of aryl methyl sites for hydroxylation is 1. The van der Waals surface area contributed by atoms with Crippen molar-refractivity contribution >= 4 is 56.9 Å². The van der Waals surface area contributed by atoms with Crippen molar-refractivity contribution in [2.75, 3.05) is 20.2 Å². The lowest BCUT2D eigenvalue weighted by molar-refractivity contribution is -0.136. The van der Waals surface area contributed by atoms with Crippen LogP contribution in [0.15, 0.2) is 84.9 Å². The van der Waals surface area contributed by atoms with E-state index in [1.54, 1.807) is 68.6 Å². The molecule has 6 rings (SSSR count). The van der Waals surface area contributed by atoms with E-state index in [4.69, 9.17) is 36.0 Å². The van der Waals surface area contributed by atoms with E-state index in [1.807, 2.05) is 0 Å². The van der Waals surface area contributed by atoms with Gasteiger partial charge in [-0.3, -0.25) is 19.2 Å². The zero-order valence-corrected chi connectivity index (χ0v) is 29.5. The first-order chi connectivity index (χ1) is 26.2. The molecule has 0 bridgehead atoms. The Morgan fingerprint density at radius 2 is 1.05 bits per heavy atom. The van der Waals surface area contributed by atoms with E-state index in [-0.39, 0.29) is 33.5 Å². The van der Waals surface area contributed by atoms with E-state index in [2.05, 4.69) is 20.6 Å². The molecule has 55 heavy (non-hydrogen) atoms. The van der Waals surface area contributed by atoms with Crippen molar-refractivity contribution in [1.29, 1.82) is 0 Å². The summed E-state index contributed by atoms with van der Waals surface area (Å²) in [5, 5.41) is 43.9. The summed E-state index contributed by atoms with van der Waals surface area (Å²) in [6.45, 7) is 0.461. The number of nitrogens with zero attached hydrogens (tertiary/aromatic N) is 2. The summed E-state index contributed by atoms with van der Waals surface area (Å²) in [6.07, 6.45) is 0. The van der Waals surface area contributed by atoms with Gasteiger partial charge in [0.15, 0.2) is 22.9 Å². The maximum Gasteiger partial charge on any atom is 0.322 e. The zero-order chi connectivity index (χ0) is 39.8. The van der Waals surface area contributed by atoms with Crippen LogP contribution in [0.25, 0.3) is 21.5 Å². The summed E-state index contributed by atoms with van der Waals surface area (Å²) in [4.78, 5) is 53.2. The first-order valence-corrected chi connectivity index (χ1v) is 16.3. The molecule has 0 fully saturated rings. The van der Waals surface area contributed by atoms with Crippen molar-refractivity contribution in [3.05, 3.63) is 113 Å². The number of carboxylic acid groups (broad SMARTS) is 2. The summed E-state index contributed by atoms with van der Waals surface area (Å²) in [5.41, 5.74) is -0.163. The lowest BCUT2D eigenvalue weighted by Crippen LogP contribution is -2.30. The average Bonchev–Trinajstić information content (AvgIpc) is 3.17. The predicted octanol–water partition coefficient (Wildman–Crippen LogP) is 6.20. The second-order valence-electron chi connectivity index (χ2n) is 11.4. The van der Waals surface area contributed by atoms with E-state index >= 15 is 0 Å². The topological polar surface area (TPSA) is 227 Å². The number of rotatable bonds is 11. The Hall–Kier alpha value is -7.20. The van der Waals surface area contributed by atoms with Crippen LogP contribution in [0.4, 0.5) is 4.39 Å². The van der Waals surface area contributed by atoms with Crippen LogP contribution >= 0.6 is 11.6 Å². The van der Waals surface area contributed by atoms with Crippen molar-refractivity contribution < 1.29 is 58.2 Å². The number of halogens is 2. The Kier molecular flexibility index (Phi) is 12.1. The van der Waals surface area contributed by atoms with Crippen LogP contribution in [0.2, 0.25) is 5.15 Å². The molecule has 2 heterocycles. The van der Waals surface area contributed by atoms with Gasteiger partial charge in [-0.25, -0.2) is 14.4 Å². The molecule has 0 unspecified atom stereocenters. The lowest BCUT2D eigenvalue weighted by Gasteiger charge is -2.12. The molecule has 6 N–H and O–H groups in total. The van der Waals surface area contributed by atoms with Gasteiger partial charge in [0, 0.05) is 27.2 Å². The Morgan fingerprint density at radius 3 is 1.55 bits per heavy atom. The third kappa shape index (κ3) is 9.62. The number of nitrogens with one attached hydrogen (secondary N) is 2. The van der Waals surface area contributed by atoms with Crippen molar-refractivity contribution in [3.8, 4) is 40.2 Å². The molecule has 0 spiro atoms. The van der Waals surface area contributed by atoms with Gasteiger partial charge in [-0.15, -0.1) is 0 Å². The van der Waals surface area contributed by atoms with Crippen LogP contribution in [0.1, 0.15) is 26.7 Å². The molecule has 2 aromatic heterocycles. The Bertz CT molecular complexity index is 2430. The van der Waals surface area contributed by atoms with Gasteiger partial charge < -0.3 is 45.3 Å². The fourth-order valence-electron chi connectivity index (χ4n) is 5.02. The Labute approximate surface area is 315 Å². The van der Waals surface area contributed by atoms with Gasteiger partial charge in [-0.1, -0.05) is 11.6 Å². The van der Waals surface area contributed by atoms with Gasteiger partial charge in [-0.2, -0.15) is 0 Å². The van der Waals surface area contributed by atoms with E-state index in [1.165, 1.54) is 30.3 Å². The van der Waals surface area contributed by atoms with Crippen LogP contribution in [0, 0.1) is 12.7 Å². The monoisotopic (exact) mass is 772 g/mol. The van der Waals surface area contributed by atoms with Gasteiger partial charge in [0.2, 0.25) is 0 Å². The smallest absolute Gasteiger partial charge is 0.322 e. The van der Waals surface area contributed by atoms with Crippen molar-refractivity contribution in [3.63, 3.8) is 0 Å². The summed E-state index contributed by atoms with van der Waals surface area (Å²) in [7, 11) is 1.57. The van der Waals surface area contributed by atoms with Crippen LogP contribution < -0.4 is 24.8 Å². The van der Waals surface area contributed by atoms with Crippen molar-refractivity contribution in [1.82, 2.24) is 20.6 Å². The molecule has 2 amide bonds. The highest BCUT2D eigenvalue weighted by Gasteiger charge is 2.21. The van der Waals surface area contributed by atoms with E-state index in [0.717, 1.165) is 0 Å². The molecule has 17 heteroatoms. The largest absolute Gasteiger partial charge is 0.505 e. The third-order valence-electron chi connectivity index (χ3n) is 7.62. The van der Waals surface area contributed by atoms with E-state index in [0.29, 0.717) is 50.6 Å². The molecule has 0 atom stereocenters. The number of amides is 2. The number of pyridine rings is 2. The number of ether oxygens (including phenoxy) is 3. The number of hydrogen-bond donors (Lipinski definition) is 6. The summed E-state index contributed by atoms with van der Waals surface area (Å²) in [5.74, 6) is -2.60. The number of carbonyl (C=O) groups is 4. The Balaban J connectivity index is 0.000000211. The molecule has 15 nitrogen and oxygen atoms in total. The minimum Gasteiger partial charge on any atom is -0.505 e. The number of methoxy groups -OCH3 is 1. The van der Waals surface area contributed by atoms with Crippen molar-refractivity contribution in [2.45, 2.75) is 6.92 Å². The highest BCUT2D eigenvalue weighted by molar-refractivity contribution is 6.35. The second-order valence-corrected chi connectivity index (χ2v) is 11.8. The predicted molar refractivity (Wildman–Crippen MR) is 196 cm³/mol. The van der Waals surface area contributed by atoms with Crippen LogP contribution in [0.3, 0.4) is 0 Å². The molecule has 0 saturated carbocycles. The highest BCUT2D eigenvalue weighted by atomic mass is 35.5. The number of aromatic nitrogens is 2. The minimum atomic E-state index is -1.22. The number of carboxylic acids is 2. The molecule has 0 aliphatic heterocycles. The third-order valence-corrected chi connectivity index (χ3v) is 7.91. The summed E-state index contributed by atoms with van der Waals surface area (Å²) >= 11 is 6.16. The number of aromatic hydroxyl groups is 2. The van der Waals surface area contributed by atoms with Gasteiger partial charge in [-0.05, 0) is 91.9 Å². The maximum absolute atomic E-state index is 13.0. The zero-order valence-electron chi connectivity index (χ0n) is 28.8. The van der Waals surface area contributed by atoms with Crippen molar-refractivity contribution in [2.24, 2.45) is 0 Å². The van der Waals surface area contributed by atoms with Gasteiger partial charge >= 0.3 is 11.9 Å². The van der Waals surface area contributed by atoms with Gasteiger partial charge in [0.1, 0.15) is 52.8 Å². The van der Waals surface area contributed by atoms with Crippen LogP contribution in [-0.4, -0.2) is 74.3 Å². The minimum absolute atomic E-state index is 0.0338. The molecule has 4 aromatic carbocycles. The molecule has 282 valence electrons. The standard InChI is InChI=1S/C19H15ClN2O6.C19H15FN2O5/c1-27-10-2-4-11(5-3-10)28-12-6-7-13-14(8-12)18(20)22-16(17(13)25)19(26)21-9-15(23)24;1-10-15-8-13(27-12-4-2-11(20)3-5-12)6-7-14(15)18(25)17(22-10)19(26)21-9-16(23)24/h2-8,25H,9H2,1H3,(H,21,26)(H,23,24);2-8,25H,9H2,1H3,(H,21,26)(H,23,24). The average molecular weight is 773 g/mol. The quantitative estimate of drug-likeness (QED) is 0.0807. The maximum atomic E-state index is 13.0. The number of carbonyl (C=O) groups excluding carboxylic acids is 2. The van der Waals surface area contributed by atoms with Gasteiger partial charge in [0.25, 0.3) is 11.8 Å². The second kappa shape index (κ2) is 17.1. The molecule has 0 aliphatic rings. The number of fused-ring (bicyclic) bond motifs is 2. The fraction of sp³-hybridized carbons (Fsp3) is 0.105. The molecular formula is C38H30ClFN4O11. The summed E-state index contributed by atoms with van der Waals surface area (Å²) in [6, 6.07) is 22.0. The number of benzene rings is 4. The normalized spacial score (nSPS) is 10.5. The first-order valence-electron chi connectivity index (χ1n) is 15.9. The highest BCUT2D eigenvalue weighted by Crippen LogP contribution is 2.36. The van der Waals surface area contributed by atoms with E-state index < -0.39 is 42.6 Å². The van der Waals surface area contributed by atoms with E-state index in [9.17, 15) is 33.8 Å².